The number of carbonyl (C=O) groups is 1. The van der Waals surface area contributed by atoms with E-state index in [0.717, 1.165) is 12.5 Å². The van der Waals surface area contributed by atoms with Crippen molar-refractivity contribution in [2.24, 2.45) is 0 Å². The Morgan fingerprint density at radius 3 is 3.00 bits per heavy atom. The molecule has 0 amide bonds. The lowest BCUT2D eigenvalue weighted by atomic mass is 10.6. The fourth-order valence-corrected chi connectivity index (χ4v) is 0.921. The Hall–Kier alpha value is -0.573. The molecule has 0 heterocycles. The minimum atomic E-state index is -0.293. The Morgan fingerprint density at radius 2 is 2.56 bits per heavy atom. The Kier molecular flexibility index (Phi) is 5.21. The topological polar surface area (TPSA) is 26.3 Å². The first kappa shape index (κ1) is 8.43. The van der Waals surface area contributed by atoms with Crippen LogP contribution in [0, 0.1) is 0 Å². The maximum atomic E-state index is 10.4. The van der Waals surface area contributed by atoms with Crippen LogP contribution in [0.1, 0.15) is 13.3 Å². The van der Waals surface area contributed by atoms with Crippen molar-refractivity contribution in [3.05, 3.63) is 12.7 Å². The normalized spacial score (nSPS) is 8.56. The molecule has 0 unspecified atom stereocenters. The molecule has 2 nitrogen and oxygen atoms in total. The van der Waals surface area contributed by atoms with Crippen LogP contribution in [0.2, 0.25) is 6.04 Å². The first-order chi connectivity index (χ1) is 4.31. The molecule has 0 spiro atoms. The Bertz CT molecular complexity index is 101. The molecule has 0 rings (SSSR count). The largest absolute Gasteiger partial charge is 0.518 e. The standard InChI is InChI=1S/C6H11O2Si/c1-3-5-9-8-6(7)4-2/h4,9H,2-3,5H2,1H3. The van der Waals surface area contributed by atoms with Gasteiger partial charge in [-0.1, -0.05) is 19.9 Å². The minimum absolute atomic E-state index is 0.135. The van der Waals surface area contributed by atoms with Crippen molar-refractivity contribution in [1.82, 2.24) is 0 Å². The highest BCUT2D eigenvalue weighted by atomic mass is 28.2. The van der Waals surface area contributed by atoms with Gasteiger partial charge in [-0.3, -0.25) is 0 Å². The van der Waals surface area contributed by atoms with Gasteiger partial charge in [0.05, 0.1) is 0 Å². The minimum Gasteiger partial charge on any atom is -0.518 e. The van der Waals surface area contributed by atoms with Crippen molar-refractivity contribution >= 4 is 15.7 Å². The van der Waals surface area contributed by atoms with Crippen LogP contribution in [0.4, 0.5) is 0 Å². The Morgan fingerprint density at radius 1 is 1.89 bits per heavy atom. The van der Waals surface area contributed by atoms with E-state index in [1.807, 2.05) is 0 Å². The monoisotopic (exact) mass is 143 g/mol. The van der Waals surface area contributed by atoms with Gasteiger partial charge in [0.2, 0.25) is 0 Å². The van der Waals surface area contributed by atoms with E-state index < -0.39 is 0 Å². The summed E-state index contributed by atoms with van der Waals surface area (Å²) in [7, 11) is -0.135. The van der Waals surface area contributed by atoms with E-state index in [2.05, 4.69) is 13.5 Å². The summed E-state index contributed by atoms with van der Waals surface area (Å²) in [6.45, 7) is 5.34. The van der Waals surface area contributed by atoms with Crippen molar-refractivity contribution in [3.63, 3.8) is 0 Å². The van der Waals surface area contributed by atoms with Crippen molar-refractivity contribution < 1.29 is 9.22 Å². The van der Waals surface area contributed by atoms with Crippen LogP contribution in [-0.4, -0.2) is 15.7 Å². The van der Waals surface area contributed by atoms with Crippen molar-refractivity contribution in [2.75, 3.05) is 0 Å². The zero-order chi connectivity index (χ0) is 7.11. The van der Waals surface area contributed by atoms with E-state index in [0.29, 0.717) is 0 Å². The zero-order valence-electron chi connectivity index (χ0n) is 5.59. The lowest BCUT2D eigenvalue weighted by molar-refractivity contribution is -0.128. The summed E-state index contributed by atoms with van der Waals surface area (Å²) in [5.74, 6) is -0.293. The molecule has 0 bridgehead atoms. The lowest BCUT2D eigenvalue weighted by Crippen LogP contribution is -2.03. The van der Waals surface area contributed by atoms with Crippen LogP contribution < -0.4 is 0 Å². The summed E-state index contributed by atoms with van der Waals surface area (Å²) in [5.41, 5.74) is 0. The van der Waals surface area contributed by atoms with Gasteiger partial charge in [0.25, 0.3) is 9.76 Å². The second-order valence-electron chi connectivity index (χ2n) is 1.60. The lowest BCUT2D eigenvalue weighted by Gasteiger charge is -1.96. The number of hydrogen-bond acceptors (Lipinski definition) is 2. The van der Waals surface area contributed by atoms with Crippen LogP contribution in [0.25, 0.3) is 0 Å². The van der Waals surface area contributed by atoms with Gasteiger partial charge in [-0.05, 0) is 6.04 Å². The summed E-state index contributed by atoms with van der Waals surface area (Å²) in [4.78, 5) is 10.4. The molecule has 51 valence electrons. The average Bonchev–Trinajstić information content (AvgIpc) is 1.89. The zero-order valence-corrected chi connectivity index (χ0v) is 6.75. The summed E-state index contributed by atoms with van der Waals surface area (Å²) in [6.07, 6.45) is 2.28. The molecule has 0 atom stereocenters. The van der Waals surface area contributed by atoms with E-state index >= 15 is 0 Å². The molecule has 0 fully saturated rings. The van der Waals surface area contributed by atoms with Gasteiger partial charge in [0.15, 0.2) is 0 Å². The van der Waals surface area contributed by atoms with Gasteiger partial charge in [-0.2, -0.15) is 0 Å². The van der Waals surface area contributed by atoms with Crippen LogP contribution in [0.3, 0.4) is 0 Å². The van der Waals surface area contributed by atoms with Gasteiger partial charge in [0, 0.05) is 6.08 Å². The third-order valence-electron chi connectivity index (χ3n) is 0.773. The molecule has 3 heteroatoms. The predicted molar refractivity (Wildman–Crippen MR) is 38.5 cm³/mol. The summed E-state index contributed by atoms with van der Waals surface area (Å²) in [6, 6.07) is 1.01. The molecule has 0 aliphatic heterocycles. The highest BCUT2D eigenvalue weighted by Crippen LogP contribution is 1.86. The van der Waals surface area contributed by atoms with E-state index in [4.69, 9.17) is 4.43 Å². The van der Waals surface area contributed by atoms with Crippen LogP contribution in [0.15, 0.2) is 12.7 Å². The van der Waals surface area contributed by atoms with Crippen LogP contribution in [0.5, 0.6) is 0 Å². The van der Waals surface area contributed by atoms with Crippen LogP contribution in [-0.2, 0) is 9.22 Å². The van der Waals surface area contributed by atoms with E-state index in [1.165, 1.54) is 6.08 Å². The third kappa shape index (κ3) is 5.30. The average molecular weight is 143 g/mol. The summed E-state index contributed by atoms with van der Waals surface area (Å²) in [5, 5.41) is 0. The second kappa shape index (κ2) is 5.56. The molecule has 0 aromatic heterocycles. The smallest absolute Gasteiger partial charge is 0.316 e. The SMILES string of the molecule is C=CC(=O)O[SiH]CCC. The maximum absolute atomic E-state index is 10.4. The van der Waals surface area contributed by atoms with Gasteiger partial charge < -0.3 is 4.43 Å². The van der Waals surface area contributed by atoms with Crippen molar-refractivity contribution in [2.45, 2.75) is 19.4 Å². The number of carbonyl (C=O) groups excluding carboxylic acids is 1. The van der Waals surface area contributed by atoms with Crippen molar-refractivity contribution in [1.29, 1.82) is 0 Å². The van der Waals surface area contributed by atoms with E-state index in [-0.39, 0.29) is 15.7 Å². The first-order valence-corrected chi connectivity index (χ1v) is 4.24. The molecule has 0 aliphatic carbocycles. The number of hydrogen-bond donors (Lipinski definition) is 0. The summed E-state index contributed by atoms with van der Waals surface area (Å²) >= 11 is 0. The fourth-order valence-electron chi connectivity index (χ4n) is 0.307. The molecule has 0 saturated carbocycles. The van der Waals surface area contributed by atoms with Crippen LogP contribution >= 0.6 is 0 Å². The van der Waals surface area contributed by atoms with E-state index in [1.54, 1.807) is 0 Å². The van der Waals surface area contributed by atoms with Gasteiger partial charge in [-0.25, -0.2) is 4.79 Å². The van der Waals surface area contributed by atoms with Gasteiger partial charge in [0.1, 0.15) is 0 Å². The fraction of sp³-hybridized carbons (Fsp3) is 0.500. The molecule has 0 aromatic carbocycles. The number of rotatable bonds is 4. The first-order valence-electron chi connectivity index (χ1n) is 2.96. The highest BCUT2D eigenvalue weighted by molar-refractivity contribution is 6.30. The molecule has 0 aromatic rings. The molecule has 0 aliphatic rings. The van der Waals surface area contributed by atoms with Gasteiger partial charge >= 0.3 is 5.97 Å². The summed E-state index contributed by atoms with van der Waals surface area (Å²) < 4.78 is 4.76. The Balaban J connectivity index is 3.07. The molecular weight excluding hydrogens is 132 g/mol. The molecular formula is C6H11O2Si. The molecule has 0 saturated heterocycles. The van der Waals surface area contributed by atoms with Crippen molar-refractivity contribution in [3.8, 4) is 0 Å². The predicted octanol–water partition coefficient (Wildman–Crippen LogP) is 0.895. The molecule has 1 radical (unpaired) electrons. The van der Waals surface area contributed by atoms with Gasteiger partial charge in [-0.15, -0.1) is 0 Å². The second-order valence-corrected chi connectivity index (χ2v) is 2.74. The quantitative estimate of drug-likeness (QED) is 0.332. The highest BCUT2D eigenvalue weighted by Gasteiger charge is 1.93. The third-order valence-corrected chi connectivity index (χ3v) is 1.98. The molecule has 9 heavy (non-hydrogen) atoms. The molecule has 0 N–H and O–H groups in total. The van der Waals surface area contributed by atoms with E-state index in [9.17, 15) is 4.79 Å². The maximum Gasteiger partial charge on any atom is 0.316 e. The Labute approximate surface area is 57.8 Å².